The molecule has 3 aromatic heterocycles. The molecule has 0 spiro atoms. The van der Waals surface area contributed by atoms with E-state index in [1.54, 1.807) is 11.6 Å². The maximum Gasteiger partial charge on any atom is 0.277 e. The highest BCUT2D eigenvalue weighted by Gasteiger charge is 2.21. The molecule has 30 heavy (non-hydrogen) atoms. The topological polar surface area (TPSA) is 102 Å². The second kappa shape index (κ2) is 7.82. The molecule has 1 aromatic carbocycles. The highest BCUT2D eigenvalue weighted by molar-refractivity contribution is 6.08. The average Bonchev–Trinajstić information content (AvgIpc) is 3.11. The number of benzene rings is 1. The number of hydrogen-bond donors (Lipinski definition) is 2. The Morgan fingerprint density at radius 3 is 2.73 bits per heavy atom. The Balaban J connectivity index is 1.67. The van der Waals surface area contributed by atoms with Gasteiger partial charge < -0.3 is 14.6 Å². The van der Waals surface area contributed by atoms with E-state index in [1.807, 2.05) is 50.2 Å². The number of aromatic amines is 1. The molecule has 0 aliphatic carbocycles. The molecule has 0 atom stereocenters. The largest absolute Gasteiger partial charge is 0.483 e. The predicted molar refractivity (Wildman–Crippen MR) is 114 cm³/mol. The second-order valence-corrected chi connectivity index (χ2v) is 7.07. The lowest BCUT2D eigenvalue weighted by Gasteiger charge is -2.14. The van der Waals surface area contributed by atoms with Crippen molar-refractivity contribution in [1.82, 2.24) is 19.7 Å². The van der Waals surface area contributed by atoms with Crippen LogP contribution < -0.4 is 15.5 Å². The molecule has 3 heterocycles. The van der Waals surface area contributed by atoms with Gasteiger partial charge >= 0.3 is 0 Å². The molecule has 1 amide bonds. The molecule has 2 N–H and O–H groups in total. The van der Waals surface area contributed by atoms with Gasteiger partial charge in [-0.1, -0.05) is 30.3 Å². The number of nitrogens with one attached hydrogen (secondary N) is 2. The number of amides is 1. The normalized spacial score (nSPS) is 10.9. The van der Waals surface area contributed by atoms with Crippen molar-refractivity contribution in [2.45, 2.75) is 20.5 Å². The van der Waals surface area contributed by atoms with Crippen LogP contribution in [0.15, 0.2) is 53.5 Å². The number of ether oxygens (including phenoxy) is 1. The van der Waals surface area contributed by atoms with Crippen molar-refractivity contribution in [3.63, 3.8) is 0 Å². The molecule has 0 saturated heterocycles. The zero-order chi connectivity index (χ0) is 21.3. The van der Waals surface area contributed by atoms with E-state index in [-0.39, 0.29) is 23.5 Å². The Morgan fingerprint density at radius 2 is 1.97 bits per heavy atom. The first kappa shape index (κ1) is 19.4. The first-order chi connectivity index (χ1) is 14.4. The number of carbonyl (C=O) groups excluding carboxylic acids is 1. The van der Waals surface area contributed by atoms with Crippen LogP contribution in [0.3, 0.4) is 0 Å². The van der Waals surface area contributed by atoms with Crippen LogP contribution in [-0.4, -0.2) is 25.7 Å². The molecular formula is C22H21N5O3. The Hall–Kier alpha value is -3.94. The summed E-state index contributed by atoms with van der Waals surface area (Å²) in [5, 5.41) is 10.5. The van der Waals surface area contributed by atoms with Crippen LogP contribution in [0.5, 0.6) is 5.75 Å². The van der Waals surface area contributed by atoms with E-state index in [0.717, 1.165) is 22.2 Å². The molecule has 0 aliphatic heterocycles. The van der Waals surface area contributed by atoms with Crippen LogP contribution in [-0.2, 0) is 13.7 Å². The lowest BCUT2D eigenvalue weighted by Crippen LogP contribution is -2.23. The minimum absolute atomic E-state index is 0.00751. The Kier molecular flexibility index (Phi) is 5.05. The van der Waals surface area contributed by atoms with Crippen molar-refractivity contribution in [2.75, 3.05) is 5.32 Å². The van der Waals surface area contributed by atoms with Crippen molar-refractivity contribution >= 4 is 22.8 Å². The fourth-order valence-electron chi connectivity index (χ4n) is 3.38. The summed E-state index contributed by atoms with van der Waals surface area (Å²) in [4.78, 5) is 30.0. The number of rotatable bonds is 5. The zero-order valence-electron chi connectivity index (χ0n) is 16.9. The second-order valence-electron chi connectivity index (χ2n) is 7.07. The number of fused-ring (bicyclic) bond motifs is 1. The number of anilines is 1. The van der Waals surface area contributed by atoms with Gasteiger partial charge in [-0.05, 0) is 31.0 Å². The minimum atomic E-state index is -0.494. The van der Waals surface area contributed by atoms with E-state index in [4.69, 9.17) is 4.74 Å². The fraction of sp³-hybridized carbons (Fsp3) is 0.182. The van der Waals surface area contributed by atoms with Gasteiger partial charge in [-0.15, -0.1) is 0 Å². The quantitative estimate of drug-likeness (QED) is 0.533. The highest BCUT2D eigenvalue weighted by atomic mass is 16.5. The fourth-order valence-corrected chi connectivity index (χ4v) is 3.38. The van der Waals surface area contributed by atoms with E-state index < -0.39 is 5.91 Å². The molecule has 8 heteroatoms. The van der Waals surface area contributed by atoms with Crippen molar-refractivity contribution in [1.29, 1.82) is 0 Å². The predicted octanol–water partition coefficient (Wildman–Crippen LogP) is 3.10. The van der Waals surface area contributed by atoms with Gasteiger partial charge in [0.1, 0.15) is 6.61 Å². The summed E-state index contributed by atoms with van der Waals surface area (Å²) in [6, 6.07) is 12.7. The molecule has 0 bridgehead atoms. The van der Waals surface area contributed by atoms with Gasteiger partial charge in [-0.2, -0.15) is 5.10 Å². The lowest BCUT2D eigenvalue weighted by atomic mass is 10.1. The summed E-state index contributed by atoms with van der Waals surface area (Å²) in [5.74, 6) is -0.149. The van der Waals surface area contributed by atoms with E-state index in [1.165, 1.54) is 12.3 Å². The monoisotopic (exact) mass is 403 g/mol. The Morgan fingerprint density at radius 1 is 1.20 bits per heavy atom. The summed E-state index contributed by atoms with van der Waals surface area (Å²) < 4.78 is 7.32. The first-order valence-corrected chi connectivity index (χ1v) is 9.44. The molecule has 0 saturated carbocycles. The standard InChI is InChI=1S/C22H21N5O3/c1-13-11-14(2)23-20-17(13)21(26-25-20)24-22(29)18-19(16(28)9-10-27(18)3)30-12-15-7-5-4-6-8-15/h4-11H,12H2,1-3H3,(H2,23,24,25,26,29). The van der Waals surface area contributed by atoms with E-state index >= 15 is 0 Å². The highest BCUT2D eigenvalue weighted by Crippen LogP contribution is 2.25. The molecular weight excluding hydrogens is 382 g/mol. The summed E-state index contributed by atoms with van der Waals surface area (Å²) >= 11 is 0. The van der Waals surface area contributed by atoms with Crippen molar-refractivity contribution in [3.8, 4) is 5.75 Å². The zero-order valence-corrected chi connectivity index (χ0v) is 16.9. The van der Waals surface area contributed by atoms with Gasteiger partial charge in [-0.25, -0.2) is 4.98 Å². The van der Waals surface area contributed by atoms with E-state index in [9.17, 15) is 9.59 Å². The van der Waals surface area contributed by atoms with Crippen LogP contribution in [0.2, 0.25) is 0 Å². The minimum Gasteiger partial charge on any atom is -0.483 e. The third-order valence-corrected chi connectivity index (χ3v) is 4.77. The van der Waals surface area contributed by atoms with Crippen molar-refractivity contribution in [3.05, 3.63) is 81.4 Å². The third kappa shape index (κ3) is 3.67. The summed E-state index contributed by atoms with van der Waals surface area (Å²) in [6.07, 6.45) is 1.53. The van der Waals surface area contributed by atoms with Crippen LogP contribution in [0, 0.1) is 13.8 Å². The molecule has 0 radical (unpaired) electrons. The van der Waals surface area contributed by atoms with Gasteiger partial charge in [-0.3, -0.25) is 14.7 Å². The SMILES string of the molecule is Cc1cc(C)c2c(NC(=O)c3c(OCc4ccccc4)c(=O)ccn3C)n[nH]c2n1. The number of aromatic nitrogens is 4. The number of nitrogens with zero attached hydrogens (tertiary/aromatic N) is 3. The van der Waals surface area contributed by atoms with E-state index in [2.05, 4.69) is 20.5 Å². The Labute approximate surface area is 172 Å². The maximum absolute atomic E-state index is 13.1. The van der Waals surface area contributed by atoms with Gasteiger partial charge in [0, 0.05) is 25.0 Å². The average molecular weight is 403 g/mol. The molecule has 0 aliphatic rings. The maximum atomic E-state index is 13.1. The van der Waals surface area contributed by atoms with Crippen LogP contribution >= 0.6 is 0 Å². The summed E-state index contributed by atoms with van der Waals surface area (Å²) in [7, 11) is 1.68. The smallest absolute Gasteiger partial charge is 0.277 e. The molecule has 0 fully saturated rings. The number of hydrogen-bond acceptors (Lipinski definition) is 5. The first-order valence-electron chi connectivity index (χ1n) is 9.44. The molecule has 4 aromatic rings. The lowest BCUT2D eigenvalue weighted by molar-refractivity contribution is 0.101. The molecule has 152 valence electrons. The third-order valence-electron chi connectivity index (χ3n) is 4.77. The number of carbonyl (C=O) groups is 1. The van der Waals surface area contributed by atoms with Gasteiger partial charge in [0.2, 0.25) is 5.43 Å². The van der Waals surface area contributed by atoms with E-state index in [0.29, 0.717) is 11.5 Å². The van der Waals surface area contributed by atoms with Crippen LogP contribution in [0.4, 0.5) is 5.82 Å². The number of H-pyrrole nitrogens is 1. The number of aryl methyl sites for hydroxylation is 3. The van der Waals surface area contributed by atoms with Gasteiger partial charge in [0.25, 0.3) is 5.91 Å². The summed E-state index contributed by atoms with van der Waals surface area (Å²) in [6.45, 7) is 3.99. The van der Waals surface area contributed by atoms with Crippen LogP contribution in [0.25, 0.3) is 11.0 Å². The number of pyridine rings is 2. The summed E-state index contributed by atoms with van der Waals surface area (Å²) in [5.41, 5.74) is 3.02. The molecule has 8 nitrogen and oxygen atoms in total. The van der Waals surface area contributed by atoms with Crippen molar-refractivity contribution in [2.24, 2.45) is 7.05 Å². The Bertz CT molecular complexity index is 1290. The molecule has 4 rings (SSSR count). The van der Waals surface area contributed by atoms with Crippen LogP contribution in [0.1, 0.15) is 27.3 Å². The molecule has 0 unspecified atom stereocenters. The van der Waals surface area contributed by atoms with Crippen molar-refractivity contribution < 1.29 is 9.53 Å². The van der Waals surface area contributed by atoms with Gasteiger partial charge in [0.05, 0.1) is 5.39 Å². The van der Waals surface area contributed by atoms with Gasteiger partial charge in [0.15, 0.2) is 22.9 Å².